The van der Waals surface area contributed by atoms with Crippen molar-refractivity contribution >= 4 is 34.1 Å². The van der Waals surface area contributed by atoms with E-state index in [9.17, 15) is 4.79 Å². The first-order valence-corrected chi connectivity index (χ1v) is 8.99. The number of hydrogen-bond donors (Lipinski definition) is 4. The molecule has 7 nitrogen and oxygen atoms in total. The summed E-state index contributed by atoms with van der Waals surface area (Å²) in [6.45, 7) is 1.11. The first-order chi connectivity index (χ1) is 13.7. The molecule has 0 radical (unpaired) electrons. The summed E-state index contributed by atoms with van der Waals surface area (Å²) in [4.78, 5) is 24.6. The van der Waals surface area contributed by atoms with Gasteiger partial charge in [0.15, 0.2) is 5.78 Å². The number of nitrogens with one attached hydrogen (secondary N) is 3. The lowest BCUT2D eigenvalue weighted by Gasteiger charge is -2.09. The van der Waals surface area contributed by atoms with Crippen molar-refractivity contribution in [3.05, 3.63) is 78.1 Å². The van der Waals surface area contributed by atoms with Gasteiger partial charge in [-0.3, -0.25) is 4.79 Å². The summed E-state index contributed by atoms with van der Waals surface area (Å²) >= 11 is 0. The Morgan fingerprint density at radius 3 is 2.75 bits per heavy atom. The zero-order valence-electron chi connectivity index (χ0n) is 15.1. The summed E-state index contributed by atoms with van der Waals surface area (Å²) in [6.07, 6.45) is 3.51. The number of carbonyl (C=O) groups excluding carboxylic acids is 1. The minimum absolute atomic E-state index is 0.0186. The van der Waals surface area contributed by atoms with Crippen LogP contribution in [0.1, 0.15) is 15.9 Å². The number of benzene rings is 2. The highest BCUT2D eigenvalue weighted by atomic mass is 16.1. The van der Waals surface area contributed by atoms with Crippen LogP contribution < -0.4 is 16.4 Å². The van der Waals surface area contributed by atoms with Gasteiger partial charge < -0.3 is 21.4 Å². The van der Waals surface area contributed by atoms with Crippen LogP contribution in [0, 0.1) is 0 Å². The number of hydrogen-bond acceptors (Lipinski definition) is 6. The van der Waals surface area contributed by atoms with Crippen molar-refractivity contribution < 1.29 is 4.79 Å². The predicted octanol–water partition coefficient (Wildman–Crippen LogP) is 3.30. The van der Waals surface area contributed by atoms with Gasteiger partial charge in [0.2, 0.25) is 5.95 Å². The maximum atomic E-state index is 12.9. The number of H-pyrrole nitrogens is 1. The Kier molecular flexibility index (Phi) is 4.99. The lowest BCUT2D eigenvalue weighted by atomic mass is 10.0. The average molecular weight is 372 g/mol. The molecule has 0 amide bonds. The number of rotatable bonds is 7. The predicted molar refractivity (Wildman–Crippen MR) is 111 cm³/mol. The fourth-order valence-electron chi connectivity index (χ4n) is 2.98. The molecule has 5 N–H and O–H groups in total. The Hall–Kier alpha value is -3.71. The number of para-hydroxylation sites is 1. The van der Waals surface area contributed by atoms with Crippen LogP contribution >= 0.6 is 0 Å². The van der Waals surface area contributed by atoms with Crippen LogP contribution in [-0.4, -0.2) is 33.8 Å². The van der Waals surface area contributed by atoms with Crippen molar-refractivity contribution in [3.8, 4) is 0 Å². The number of carbonyl (C=O) groups is 1. The second-order valence-corrected chi connectivity index (χ2v) is 6.26. The van der Waals surface area contributed by atoms with E-state index in [0.29, 0.717) is 36.0 Å². The molecule has 140 valence electrons. The van der Waals surface area contributed by atoms with Gasteiger partial charge in [0.1, 0.15) is 5.82 Å². The SMILES string of the molecule is NCCNc1nccc(Nc2ccc(C(=O)c3cccc4cc[nH]c34)cc2)n1. The topological polar surface area (TPSA) is 109 Å². The third kappa shape index (κ3) is 3.70. The number of nitrogens with two attached hydrogens (primary N) is 1. The zero-order chi connectivity index (χ0) is 19.3. The van der Waals surface area contributed by atoms with Gasteiger partial charge in [-0.05, 0) is 42.5 Å². The van der Waals surface area contributed by atoms with Gasteiger partial charge in [0, 0.05) is 47.7 Å². The third-order valence-electron chi connectivity index (χ3n) is 4.33. The molecule has 4 aromatic rings. The van der Waals surface area contributed by atoms with Crippen LogP contribution in [0.25, 0.3) is 10.9 Å². The highest BCUT2D eigenvalue weighted by molar-refractivity contribution is 6.15. The van der Waals surface area contributed by atoms with Gasteiger partial charge in [-0.2, -0.15) is 4.98 Å². The molecule has 0 aliphatic heterocycles. The van der Waals surface area contributed by atoms with Gasteiger partial charge >= 0.3 is 0 Å². The molecule has 0 aliphatic carbocycles. The standard InChI is InChI=1S/C21H20N6O/c22-10-13-25-21-24-12-9-18(27-21)26-16-6-4-15(5-7-16)20(28)17-3-1-2-14-8-11-23-19(14)17/h1-9,11-12,23H,10,13,22H2,(H2,24,25,26,27). The fourth-order valence-corrected chi connectivity index (χ4v) is 2.98. The lowest BCUT2D eigenvalue weighted by molar-refractivity contribution is 0.104. The molecule has 0 aliphatic rings. The Bertz CT molecular complexity index is 1100. The molecular weight excluding hydrogens is 352 g/mol. The van der Waals surface area contributed by atoms with Gasteiger partial charge in [0.25, 0.3) is 0 Å². The molecular formula is C21H20N6O. The minimum Gasteiger partial charge on any atom is -0.361 e. The second-order valence-electron chi connectivity index (χ2n) is 6.26. The van der Waals surface area contributed by atoms with Crippen molar-refractivity contribution in [2.24, 2.45) is 5.73 Å². The van der Waals surface area contributed by atoms with Crippen molar-refractivity contribution in [3.63, 3.8) is 0 Å². The first kappa shape index (κ1) is 17.7. The Morgan fingerprint density at radius 1 is 1.07 bits per heavy atom. The Balaban J connectivity index is 1.51. The van der Waals surface area contributed by atoms with E-state index in [1.807, 2.05) is 42.6 Å². The Morgan fingerprint density at radius 2 is 1.93 bits per heavy atom. The number of ketones is 1. The van der Waals surface area contributed by atoms with E-state index >= 15 is 0 Å². The highest BCUT2D eigenvalue weighted by Crippen LogP contribution is 2.22. The maximum Gasteiger partial charge on any atom is 0.224 e. The van der Waals surface area contributed by atoms with Crippen molar-refractivity contribution in [1.82, 2.24) is 15.0 Å². The number of aromatic amines is 1. The normalized spacial score (nSPS) is 10.8. The highest BCUT2D eigenvalue weighted by Gasteiger charge is 2.13. The van der Waals surface area contributed by atoms with E-state index in [1.54, 1.807) is 24.4 Å². The third-order valence-corrected chi connectivity index (χ3v) is 4.33. The summed E-state index contributed by atoms with van der Waals surface area (Å²) in [6, 6.07) is 16.8. The molecule has 2 heterocycles. The zero-order valence-corrected chi connectivity index (χ0v) is 15.1. The number of nitrogens with zero attached hydrogens (tertiary/aromatic N) is 2. The summed E-state index contributed by atoms with van der Waals surface area (Å²) in [5, 5.41) is 7.27. The molecule has 0 spiro atoms. The summed E-state index contributed by atoms with van der Waals surface area (Å²) in [7, 11) is 0. The maximum absolute atomic E-state index is 12.9. The van der Waals surface area contributed by atoms with Crippen LogP contribution in [-0.2, 0) is 0 Å². The second kappa shape index (κ2) is 7.89. The van der Waals surface area contributed by atoms with E-state index in [4.69, 9.17) is 5.73 Å². The van der Waals surface area contributed by atoms with Gasteiger partial charge in [0.05, 0.1) is 5.52 Å². The summed E-state index contributed by atoms with van der Waals surface area (Å²) in [5.74, 6) is 1.15. The van der Waals surface area contributed by atoms with Crippen molar-refractivity contribution in [1.29, 1.82) is 0 Å². The van der Waals surface area contributed by atoms with Gasteiger partial charge in [-0.1, -0.05) is 12.1 Å². The summed E-state index contributed by atoms with van der Waals surface area (Å²) < 4.78 is 0. The molecule has 0 saturated carbocycles. The quantitative estimate of drug-likeness (QED) is 0.371. The van der Waals surface area contributed by atoms with Gasteiger partial charge in [-0.25, -0.2) is 4.98 Å². The van der Waals surface area contributed by atoms with Crippen LogP contribution in [0.4, 0.5) is 17.5 Å². The van der Waals surface area contributed by atoms with Crippen LogP contribution in [0.3, 0.4) is 0 Å². The van der Waals surface area contributed by atoms with Crippen molar-refractivity contribution in [2.45, 2.75) is 0 Å². The molecule has 28 heavy (non-hydrogen) atoms. The van der Waals surface area contributed by atoms with Crippen molar-refractivity contribution in [2.75, 3.05) is 23.7 Å². The largest absolute Gasteiger partial charge is 0.361 e. The average Bonchev–Trinajstić information content (AvgIpc) is 3.21. The minimum atomic E-state index is -0.0186. The van der Waals surface area contributed by atoms with E-state index in [1.165, 1.54) is 0 Å². The van der Waals surface area contributed by atoms with Crippen LogP contribution in [0.5, 0.6) is 0 Å². The molecule has 7 heteroatoms. The molecule has 0 saturated heterocycles. The molecule has 4 rings (SSSR count). The van der Waals surface area contributed by atoms with Crippen LogP contribution in [0.2, 0.25) is 0 Å². The molecule has 0 bridgehead atoms. The monoisotopic (exact) mass is 372 g/mol. The molecule has 2 aromatic carbocycles. The van der Waals surface area contributed by atoms with E-state index < -0.39 is 0 Å². The van der Waals surface area contributed by atoms with E-state index in [-0.39, 0.29) is 5.78 Å². The van der Waals surface area contributed by atoms with E-state index in [2.05, 4.69) is 25.6 Å². The number of fused-ring (bicyclic) bond motifs is 1. The molecule has 0 atom stereocenters. The Labute approximate surface area is 162 Å². The smallest absolute Gasteiger partial charge is 0.224 e. The van der Waals surface area contributed by atoms with Crippen LogP contribution in [0.15, 0.2) is 67.0 Å². The molecule has 0 fully saturated rings. The van der Waals surface area contributed by atoms with E-state index in [0.717, 1.165) is 16.6 Å². The summed E-state index contributed by atoms with van der Waals surface area (Å²) in [5.41, 5.74) is 8.45. The molecule has 2 aromatic heterocycles. The first-order valence-electron chi connectivity index (χ1n) is 8.99. The molecule has 0 unspecified atom stereocenters. The van der Waals surface area contributed by atoms with Gasteiger partial charge in [-0.15, -0.1) is 0 Å². The fraction of sp³-hybridized carbons (Fsp3) is 0.0952. The number of aromatic nitrogens is 3. The number of anilines is 3. The lowest BCUT2D eigenvalue weighted by Crippen LogP contribution is -2.15.